The Morgan fingerprint density at radius 3 is 2.36 bits per heavy atom. The van der Waals surface area contributed by atoms with E-state index in [2.05, 4.69) is 34.6 Å². The second kappa shape index (κ2) is 9.50. The number of benzene rings is 2. The van der Waals surface area contributed by atoms with Gasteiger partial charge in [-0.25, -0.2) is 4.98 Å². The van der Waals surface area contributed by atoms with E-state index < -0.39 is 0 Å². The Morgan fingerprint density at radius 1 is 1.06 bits per heavy atom. The second-order valence-electron chi connectivity index (χ2n) is 10.7. The fraction of sp³-hybridized carbons (Fsp3) is 0.464. The van der Waals surface area contributed by atoms with Gasteiger partial charge in [-0.05, 0) is 73.9 Å². The minimum atomic E-state index is -0.363. The molecule has 0 N–H and O–H groups in total. The normalized spacial score (nSPS) is 13.7. The molecule has 3 rings (SSSR count). The lowest BCUT2D eigenvalue weighted by molar-refractivity contribution is -0.133. The molecule has 0 fully saturated rings. The third-order valence-corrected chi connectivity index (χ3v) is 6.38. The number of rotatable bonds is 6. The fourth-order valence-electron chi connectivity index (χ4n) is 4.49. The number of carbonyl (C=O) groups is 1. The van der Waals surface area contributed by atoms with Crippen molar-refractivity contribution in [3.8, 4) is 5.69 Å². The van der Waals surface area contributed by atoms with E-state index in [1.54, 1.807) is 15.5 Å². The molecule has 1 amide bonds. The molecule has 5 nitrogen and oxygen atoms in total. The monoisotopic (exact) mass is 447 g/mol. The average molecular weight is 448 g/mol. The molecule has 0 aliphatic carbocycles. The molecule has 0 bridgehead atoms. The molecule has 0 radical (unpaired) electrons. The molecule has 0 saturated heterocycles. The van der Waals surface area contributed by atoms with Crippen LogP contribution in [0.5, 0.6) is 0 Å². The van der Waals surface area contributed by atoms with E-state index in [0.717, 1.165) is 23.2 Å². The summed E-state index contributed by atoms with van der Waals surface area (Å²) in [6.07, 6.45) is 1.45. The summed E-state index contributed by atoms with van der Waals surface area (Å²) in [7, 11) is 1.81. The van der Waals surface area contributed by atoms with Gasteiger partial charge in [0.2, 0.25) is 5.91 Å². The van der Waals surface area contributed by atoms with Crippen LogP contribution in [0.4, 0.5) is 0 Å². The Hall–Kier alpha value is -2.95. The third kappa shape index (κ3) is 5.52. The molecule has 176 valence electrons. The van der Waals surface area contributed by atoms with Crippen LogP contribution in [-0.2, 0) is 4.79 Å². The predicted octanol–water partition coefficient (Wildman–Crippen LogP) is 5.98. The molecule has 5 heteroatoms. The molecule has 2 unspecified atom stereocenters. The third-order valence-electron chi connectivity index (χ3n) is 6.38. The summed E-state index contributed by atoms with van der Waals surface area (Å²) in [6, 6.07) is 13.0. The lowest BCUT2D eigenvalue weighted by Crippen LogP contribution is -2.35. The van der Waals surface area contributed by atoms with Crippen LogP contribution in [-0.4, -0.2) is 27.4 Å². The van der Waals surface area contributed by atoms with Crippen LogP contribution in [0.2, 0.25) is 0 Å². The van der Waals surface area contributed by atoms with E-state index in [1.165, 1.54) is 0 Å². The lowest BCUT2D eigenvalue weighted by atomic mass is 9.84. The summed E-state index contributed by atoms with van der Waals surface area (Å²) < 4.78 is 1.67. The SMILES string of the molecule is Cc1ccc(-n2c(C(C)N(C)C(=O)CC(C)CC(C)(C)C)nc3ccccc3c2=O)cc1C. The first-order valence-electron chi connectivity index (χ1n) is 11.7. The molecule has 33 heavy (non-hydrogen) atoms. The van der Waals surface area contributed by atoms with Gasteiger partial charge < -0.3 is 4.90 Å². The summed E-state index contributed by atoms with van der Waals surface area (Å²) in [5, 5.41) is 0.569. The summed E-state index contributed by atoms with van der Waals surface area (Å²) >= 11 is 0. The second-order valence-corrected chi connectivity index (χ2v) is 10.7. The number of hydrogen-bond donors (Lipinski definition) is 0. The van der Waals surface area contributed by atoms with E-state index in [-0.39, 0.29) is 28.8 Å². The Labute approximate surface area is 197 Å². The number of nitrogens with zero attached hydrogens (tertiary/aromatic N) is 3. The molecule has 3 aromatic rings. The summed E-state index contributed by atoms with van der Waals surface area (Å²) in [4.78, 5) is 33.4. The van der Waals surface area contributed by atoms with Gasteiger partial charge in [-0.1, -0.05) is 45.9 Å². The van der Waals surface area contributed by atoms with Crippen molar-refractivity contribution in [1.82, 2.24) is 14.5 Å². The predicted molar refractivity (Wildman–Crippen MR) is 136 cm³/mol. The van der Waals surface area contributed by atoms with Crippen LogP contribution in [0.3, 0.4) is 0 Å². The molecule has 2 aromatic carbocycles. The van der Waals surface area contributed by atoms with Crippen LogP contribution in [0.1, 0.15) is 70.5 Å². The van der Waals surface area contributed by atoms with Crippen molar-refractivity contribution in [1.29, 1.82) is 0 Å². The van der Waals surface area contributed by atoms with Crippen molar-refractivity contribution in [3.05, 3.63) is 69.8 Å². The Balaban J connectivity index is 2.06. The highest BCUT2D eigenvalue weighted by Gasteiger charge is 2.26. The maximum atomic E-state index is 13.6. The van der Waals surface area contributed by atoms with Crippen LogP contribution < -0.4 is 5.56 Å². The highest BCUT2D eigenvalue weighted by molar-refractivity contribution is 5.79. The van der Waals surface area contributed by atoms with Gasteiger partial charge in [0.1, 0.15) is 5.82 Å². The van der Waals surface area contributed by atoms with Gasteiger partial charge in [-0.2, -0.15) is 0 Å². The van der Waals surface area contributed by atoms with Gasteiger partial charge in [0, 0.05) is 13.5 Å². The van der Waals surface area contributed by atoms with Crippen LogP contribution in [0.25, 0.3) is 16.6 Å². The number of carbonyl (C=O) groups excluding carboxylic acids is 1. The lowest BCUT2D eigenvalue weighted by Gasteiger charge is -2.29. The van der Waals surface area contributed by atoms with E-state index >= 15 is 0 Å². The number of hydrogen-bond acceptors (Lipinski definition) is 3. The number of aromatic nitrogens is 2. The van der Waals surface area contributed by atoms with Gasteiger partial charge in [0.15, 0.2) is 0 Å². The smallest absolute Gasteiger partial charge is 0.266 e. The average Bonchev–Trinajstić information content (AvgIpc) is 2.73. The standard InChI is InChI=1S/C28H37N3O2/c1-18(17-28(5,6)7)15-25(32)30(8)21(4)26-29-24-12-10-9-11-23(24)27(33)31(26)22-14-13-19(2)20(3)16-22/h9-14,16,18,21H,15,17H2,1-8H3. The van der Waals surface area contributed by atoms with Crippen molar-refractivity contribution >= 4 is 16.8 Å². The number of para-hydroxylation sites is 1. The van der Waals surface area contributed by atoms with Crippen LogP contribution in [0, 0.1) is 25.2 Å². The molecule has 0 aliphatic rings. The molecule has 2 atom stereocenters. The van der Waals surface area contributed by atoms with Crippen molar-refractivity contribution in [2.45, 2.75) is 67.3 Å². The van der Waals surface area contributed by atoms with E-state index in [1.807, 2.05) is 57.3 Å². The van der Waals surface area contributed by atoms with E-state index in [4.69, 9.17) is 4.98 Å². The largest absolute Gasteiger partial charge is 0.336 e. The zero-order valence-electron chi connectivity index (χ0n) is 21.3. The molecule has 0 spiro atoms. The van der Waals surface area contributed by atoms with Crippen LogP contribution >= 0.6 is 0 Å². The first kappa shape index (κ1) is 24.7. The summed E-state index contributed by atoms with van der Waals surface area (Å²) in [5.41, 5.74) is 3.74. The van der Waals surface area contributed by atoms with E-state index in [9.17, 15) is 9.59 Å². The van der Waals surface area contributed by atoms with E-state index in [0.29, 0.717) is 23.1 Å². The Morgan fingerprint density at radius 2 is 1.73 bits per heavy atom. The molecular formula is C28H37N3O2. The molecule has 0 aliphatic heterocycles. The maximum absolute atomic E-state index is 13.6. The van der Waals surface area contributed by atoms with Gasteiger partial charge in [-0.3, -0.25) is 14.2 Å². The van der Waals surface area contributed by atoms with Crippen molar-refractivity contribution in [2.24, 2.45) is 11.3 Å². The zero-order valence-corrected chi connectivity index (χ0v) is 21.3. The zero-order chi connectivity index (χ0) is 24.5. The van der Waals surface area contributed by atoms with Crippen molar-refractivity contribution in [3.63, 3.8) is 0 Å². The summed E-state index contributed by atoms with van der Waals surface area (Å²) in [5.74, 6) is 0.910. The molecule has 1 aromatic heterocycles. The fourth-order valence-corrected chi connectivity index (χ4v) is 4.49. The first-order valence-corrected chi connectivity index (χ1v) is 11.7. The minimum Gasteiger partial charge on any atom is -0.336 e. The first-order chi connectivity index (χ1) is 15.4. The Bertz CT molecular complexity index is 1220. The highest BCUT2D eigenvalue weighted by Crippen LogP contribution is 2.28. The molecule has 1 heterocycles. The summed E-state index contributed by atoms with van der Waals surface area (Å²) in [6.45, 7) is 14.7. The van der Waals surface area contributed by atoms with Gasteiger partial charge in [-0.15, -0.1) is 0 Å². The Kier molecular flexibility index (Phi) is 7.11. The van der Waals surface area contributed by atoms with Crippen molar-refractivity contribution < 1.29 is 4.79 Å². The number of aryl methyl sites for hydroxylation is 2. The van der Waals surface area contributed by atoms with Gasteiger partial charge >= 0.3 is 0 Å². The van der Waals surface area contributed by atoms with Gasteiger partial charge in [0.25, 0.3) is 5.56 Å². The minimum absolute atomic E-state index is 0.0632. The maximum Gasteiger partial charge on any atom is 0.266 e. The molecular weight excluding hydrogens is 410 g/mol. The quantitative estimate of drug-likeness (QED) is 0.467. The highest BCUT2D eigenvalue weighted by atomic mass is 16.2. The topological polar surface area (TPSA) is 55.2 Å². The number of amides is 1. The molecule has 0 saturated carbocycles. The van der Waals surface area contributed by atoms with Crippen molar-refractivity contribution in [2.75, 3.05) is 7.05 Å². The number of fused-ring (bicyclic) bond motifs is 1. The van der Waals surface area contributed by atoms with Crippen LogP contribution in [0.15, 0.2) is 47.3 Å². The van der Waals surface area contributed by atoms with Gasteiger partial charge in [0.05, 0.1) is 22.6 Å².